The molecule has 0 spiro atoms. The highest BCUT2D eigenvalue weighted by molar-refractivity contribution is 5.75. The van der Waals surface area contributed by atoms with Crippen LogP contribution in [0.4, 0.5) is 10.5 Å². The quantitative estimate of drug-likeness (QED) is 0.681. The van der Waals surface area contributed by atoms with Gasteiger partial charge in [0.05, 0.1) is 6.04 Å². The molecule has 29 heavy (non-hydrogen) atoms. The van der Waals surface area contributed by atoms with E-state index < -0.39 is 6.03 Å². The van der Waals surface area contributed by atoms with Gasteiger partial charge in [0.25, 0.3) is 0 Å². The van der Waals surface area contributed by atoms with E-state index in [1.54, 1.807) is 0 Å². The van der Waals surface area contributed by atoms with Crippen molar-refractivity contribution >= 4 is 11.7 Å². The van der Waals surface area contributed by atoms with Crippen molar-refractivity contribution in [3.05, 3.63) is 76.4 Å². The normalized spacial score (nSPS) is 17.4. The average molecular weight is 388 g/mol. The third-order valence-electron chi connectivity index (χ3n) is 5.41. The molecule has 7 nitrogen and oxygen atoms in total. The van der Waals surface area contributed by atoms with Gasteiger partial charge in [-0.25, -0.2) is 4.79 Å². The zero-order valence-electron chi connectivity index (χ0n) is 17.1. The molecule has 1 fully saturated rings. The Morgan fingerprint density at radius 2 is 1.52 bits per heavy atom. The highest BCUT2D eigenvalue weighted by atomic mass is 16.2. The SMILES string of the molecule is Cc1cc(C)c(N2CCN([C@H](C)c3ccccc3)C2=C2N=NC(=O)N=N2)c(C)c1. The minimum atomic E-state index is -0.677. The first-order chi connectivity index (χ1) is 14.0. The Bertz CT molecular complexity index is 1000. The van der Waals surface area contributed by atoms with Gasteiger partial charge in [0.1, 0.15) is 0 Å². The first-order valence-corrected chi connectivity index (χ1v) is 9.74. The molecule has 1 atom stereocenters. The lowest BCUT2D eigenvalue weighted by Crippen LogP contribution is -2.28. The van der Waals surface area contributed by atoms with Crippen molar-refractivity contribution in [3.8, 4) is 0 Å². The van der Waals surface area contributed by atoms with Crippen LogP contribution in [-0.2, 0) is 0 Å². The number of urea groups is 1. The highest BCUT2D eigenvalue weighted by Gasteiger charge is 2.35. The molecular formula is C22H24N6O. The molecular weight excluding hydrogens is 364 g/mol. The molecule has 0 unspecified atom stereocenters. The fourth-order valence-electron chi connectivity index (χ4n) is 4.24. The summed E-state index contributed by atoms with van der Waals surface area (Å²) in [7, 11) is 0. The lowest BCUT2D eigenvalue weighted by atomic mass is 10.0. The maximum absolute atomic E-state index is 11.4. The topological polar surface area (TPSA) is 73.0 Å². The van der Waals surface area contributed by atoms with Crippen molar-refractivity contribution < 1.29 is 4.79 Å². The van der Waals surface area contributed by atoms with Gasteiger partial charge < -0.3 is 9.80 Å². The van der Waals surface area contributed by atoms with Crippen LogP contribution in [0.25, 0.3) is 0 Å². The number of rotatable bonds is 3. The monoisotopic (exact) mass is 388 g/mol. The van der Waals surface area contributed by atoms with Crippen molar-refractivity contribution in [1.29, 1.82) is 0 Å². The maximum Gasteiger partial charge on any atom is 0.404 e. The second-order valence-electron chi connectivity index (χ2n) is 7.51. The van der Waals surface area contributed by atoms with E-state index in [4.69, 9.17) is 0 Å². The van der Waals surface area contributed by atoms with Gasteiger partial charge in [-0.3, -0.25) is 0 Å². The van der Waals surface area contributed by atoms with Gasteiger partial charge in [-0.2, -0.15) is 0 Å². The summed E-state index contributed by atoms with van der Waals surface area (Å²) in [6, 6.07) is 14.1. The van der Waals surface area contributed by atoms with Crippen molar-refractivity contribution in [2.75, 3.05) is 18.0 Å². The average Bonchev–Trinajstić information content (AvgIpc) is 3.12. The van der Waals surface area contributed by atoms with Gasteiger partial charge in [0.15, 0.2) is 5.82 Å². The molecule has 1 saturated heterocycles. The van der Waals surface area contributed by atoms with E-state index in [1.165, 1.54) is 22.3 Å². The van der Waals surface area contributed by atoms with Gasteiger partial charge >= 0.3 is 6.03 Å². The lowest BCUT2D eigenvalue weighted by molar-refractivity contribution is 0.253. The molecule has 0 saturated carbocycles. The second-order valence-corrected chi connectivity index (χ2v) is 7.51. The van der Waals surface area contributed by atoms with Gasteiger partial charge in [0, 0.05) is 18.8 Å². The Labute approximate surface area is 170 Å². The molecule has 2 aromatic rings. The summed E-state index contributed by atoms with van der Waals surface area (Å²) in [5.41, 5.74) is 5.95. The van der Waals surface area contributed by atoms with Crippen molar-refractivity contribution in [2.45, 2.75) is 33.7 Å². The largest absolute Gasteiger partial charge is 0.404 e. The molecule has 0 bridgehead atoms. The summed E-state index contributed by atoms with van der Waals surface area (Å²) in [4.78, 5) is 15.9. The number of carbonyl (C=O) groups is 1. The molecule has 2 aliphatic heterocycles. The van der Waals surface area contributed by atoms with E-state index in [2.05, 4.69) is 82.2 Å². The number of azo groups is 2. The van der Waals surface area contributed by atoms with E-state index in [0.29, 0.717) is 5.82 Å². The van der Waals surface area contributed by atoms with Gasteiger partial charge in [0.2, 0.25) is 5.82 Å². The van der Waals surface area contributed by atoms with Crippen molar-refractivity contribution in [1.82, 2.24) is 4.90 Å². The number of anilines is 1. The lowest BCUT2D eigenvalue weighted by Gasteiger charge is -2.31. The maximum atomic E-state index is 11.4. The predicted octanol–water partition coefficient (Wildman–Crippen LogP) is 5.66. The standard InChI is InChI=1S/C22H24N6O/c1-14-12-15(2)19(16(3)13-14)28-11-10-27(17(4)18-8-6-5-7-9-18)21(28)20-23-25-22(29)26-24-20/h5-9,12-13,17H,10-11H2,1-4H3/t17-/m1/s1. The molecule has 0 radical (unpaired) electrons. The molecule has 0 aromatic heterocycles. The molecule has 0 N–H and O–H groups in total. The Kier molecular flexibility index (Phi) is 4.96. The second kappa shape index (κ2) is 7.58. The van der Waals surface area contributed by atoms with Crippen LogP contribution < -0.4 is 4.90 Å². The van der Waals surface area contributed by atoms with E-state index in [0.717, 1.165) is 24.6 Å². The Balaban J connectivity index is 1.83. The third-order valence-corrected chi connectivity index (χ3v) is 5.41. The smallest absolute Gasteiger partial charge is 0.346 e. The zero-order chi connectivity index (χ0) is 20.5. The van der Waals surface area contributed by atoms with Crippen LogP contribution >= 0.6 is 0 Å². The molecule has 2 aromatic carbocycles. The molecule has 2 amide bonds. The number of amides is 2. The molecule has 7 heteroatoms. The Hall–Kier alpha value is -3.35. The van der Waals surface area contributed by atoms with Crippen LogP contribution in [0.5, 0.6) is 0 Å². The highest BCUT2D eigenvalue weighted by Crippen LogP contribution is 2.39. The minimum Gasteiger partial charge on any atom is -0.346 e. The first-order valence-electron chi connectivity index (χ1n) is 9.74. The third kappa shape index (κ3) is 3.55. The van der Waals surface area contributed by atoms with Gasteiger partial charge in [-0.05, 0) is 44.4 Å². The number of carbonyl (C=O) groups excluding carboxylic acids is 1. The van der Waals surface area contributed by atoms with E-state index >= 15 is 0 Å². The summed E-state index contributed by atoms with van der Waals surface area (Å²) in [6.07, 6.45) is 0. The van der Waals surface area contributed by atoms with Crippen LogP contribution in [0.1, 0.15) is 35.2 Å². The number of hydrogen-bond donors (Lipinski definition) is 0. The summed E-state index contributed by atoms with van der Waals surface area (Å²) in [5.74, 6) is 1.20. The van der Waals surface area contributed by atoms with Crippen molar-refractivity contribution in [3.63, 3.8) is 0 Å². The molecule has 4 rings (SSSR count). The summed E-state index contributed by atoms with van der Waals surface area (Å²) >= 11 is 0. The van der Waals surface area contributed by atoms with E-state index in [1.807, 2.05) is 18.2 Å². The predicted molar refractivity (Wildman–Crippen MR) is 112 cm³/mol. The molecule has 148 valence electrons. The van der Waals surface area contributed by atoms with Gasteiger partial charge in [-0.15, -0.1) is 10.2 Å². The number of aryl methyl sites for hydroxylation is 3. The van der Waals surface area contributed by atoms with Crippen LogP contribution in [0, 0.1) is 20.8 Å². The Morgan fingerprint density at radius 1 is 0.897 bits per heavy atom. The fourth-order valence-corrected chi connectivity index (χ4v) is 4.24. The van der Waals surface area contributed by atoms with E-state index in [-0.39, 0.29) is 6.04 Å². The van der Waals surface area contributed by atoms with Crippen LogP contribution in [0.3, 0.4) is 0 Å². The van der Waals surface area contributed by atoms with Crippen molar-refractivity contribution in [2.24, 2.45) is 20.5 Å². The van der Waals surface area contributed by atoms with E-state index in [9.17, 15) is 4.79 Å². The summed E-state index contributed by atoms with van der Waals surface area (Å²) < 4.78 is 0. The Morgan fingerprint density at radius 3 is 2.14 bits per heavy atom. The zero-order valence-corrected chi connectivity index (χ0v) is 17.1. The van der Waals surface area contributed by atoms with Crippen LogP contribution in [-0.4, -0.2) is 24.0 Å². The number of benzene rings is 2. The summed E-state index contributed by atoms with van der Waals surface area (Å²) in [5, 5.41) is 15.4. The number of hydrogen-bond acceptors (Lipinski definition) is 5. The molecule has 0 aliphatic carbocycles. The molecule has 2 aliphatic rings. The van der Waals surface area contributed by atoms with Gasteiger partial charge in [-0.1, -0.05) is 58.3 Å². The first kappa shape index (κ1) is 19.0. The van der Waals surface area contributed by atoms with Crippen LogP contribution in [0.2, 0.25) is 0 Å². The minimum absolute atomic E-state index is 0.109. The molecule has 2 heterocycles. The summed E-state index contributed by atoms with van der Waals surface area (Å²) in [6.45, 7) is 10.1. The fraction of sp³-hybridized carbons (Fsp3) is 0.318. The number of nitrogens with zero attached hydrogens (tertiary/aromatic N) is 6. The van der Waals surface area contributed by atoms with Crippen LogP contribution in [0.15, 0.2) is 74.6 Å².